The van der Waals surface area contributed by atoms with E-state index in [4.69, 9.17) is 0 Å². The summed E-state index contributed by atoms with van der Waals surface area (Å²) in [5.74, 6) is 0.866. The summed E-state index contributed by atoms with van der Waals surface area (Å²) in [4.78, 5) is 17.9. The van der Waals surface area contributed by atoms with Crippen molar-refractivity contribution in [2.75, 3.05) is 59.9 Å². The number of rotatable bonds is 5. The average molecular weight is 401 g/mol. The molecule has 3 saturated heterocycles. The predicted octanol–water partition coefficient (Wildman–Crippen LogP) is 1.09. The van der Waals surface area contributed by atoms with E-state index in [0.29, 0.717) is 24.9 Å². The number of likely N-dealkylation sites (tertiary alicyclic amines) is 2. The molecule has 0 aromatic rings. The number of fused-ring (bicyclic) bond motifs is 1. The number of carbonyl (C=O) groups excluding carboxylic acids is 1. The van der Waals surface area contributed by atoms with Crippen molar-refractivity contribution in [2.45, 2.75) is 40.0 Å². The van der Waals surface area contributed by atoms with Crippen molar-refractivity contribution in [3.63, 3.8) is 0 Å². The summed E-state index contributed by atoms with van der Waals surface area (Å²) in [5, 5.41) is 0. The molecule has 0 aromatic carbocycles. The molecule has 1 atom stereocenters. The summed E-state index contributed by atoms with van der Waals surface area (Å²) in [7, 11) is -0.217. The molecule has 0 aromatic heterocycles. The molecule has 3 aliphatic rings. The third-order valence-electron chi connectivity index (χ3n) is 7.01. The number of hydrogen-bond acceptors (Lipinski definition) is 4. The van der Waals surface area contributed by atoms with Gasteiger partial charge in [-0.15, -0.1) is 0 Å². The summed E-state index contributed by atoms with van der Waals surface area (Å²) in [6.07, 6.45) is 2.46. The zero-order chi connectivity index (χ0) is 20.0. The first-order chi connectivity index (χ1) is 12.6. The Balaban J connectivity index is 1.87. The SMILES string of the molecule is CCN1CCC2(CN(CC(C)C)CC23CCN(S(=O)(=O)N(C)C)CC3)C1=O. The maximum atomic E-state index is 13.4. The van der Waals surface area contributed by atoms with Crippen molar-refractivity contribution in [2.24, 2.45) is 16.7 Å². The minimum atomic E-state index is -3.39. The lowest BCUT2D eigenvalue weighted by Crippen LogP contribution is -2.54. The molecule has 1 amide bonds. The second-order valence-corrected chi connectivity index (χ2v) is 11.4. The lowest BCUT2D eigenvalue weighted by Gasteiger charge is -2.46. The van der Waals surface area contributed by atoms with Crippen molar-refractivity contribution in [1.82, 2.24) is 18.4 Å². The first-order valence-corrected chi connectivity index (χ1v) is 11.7. The second kappa shape index (κ2) is 7.28. The maximum absolute atomic E-state index is 13.4. The molecule has 3 fully saturated rings. The summed E-state index contributed by atoms with van der Waals surface area (Å²) in [6.45, 7) is 11.9. The quantitative estimate of drug-likeness (QED) is 0.693. The van der Waals surface area contributed by atoms with Gasteiger partial charge in [0, 0.05) is 65.3 Å². The van der Waals surface area contributed by atoms with Gasteiger partial charge in [-0.1, -0.05) is 13.8 Å². The molecule has 0 N–H and O–H groups in total. The molecule has 0 saturated carbocycles. The summed E-state index contributed by atoms with van der Waals surface area (Å²) >= 11 is 0. The second-order valence-electron chi connectivity index (χ2n) is 9.25. The van der Waals surface area contributed by atoms with Crippen LogP contribution in [0.1, 0.15) is 40.0 Å². The number of amides is 1. The van der Waals surface area contributed by atoms with Gasteiger partial charge in [-0.3, -0.25) is 4.79 Å². The van der Waals surface area contributed by atoms with Crippen LogP contribution in [0.3, 0.4) is 0 Å². The number of nitrogens with zero attached hydrogens (tertiary/aromatic N) is 4. The fourth-order valence-corrected chi connectivity index (χ4v) is 6.73. The Morgan fingerprint density at radius 3 is 2.19 bits per heavy atom. The highest BCUT2D eigenvalue weighted by Crippen LogP contribution is 2.58. The molecule has 1 unspecified atom stereocenters. The van der Waals surface area contributed by atoms with Crippen LogP contribution in [0, 0.1) is 16.7 Å². The van der Waals surface area contributed by atoms with Crippen LogP contribution in [0.4, 0.5) is 0 Å². The van der Waals surface area contributed by atoms with Crippen molar-refractivity contribution in [1.29, 1.82) is 0 Å². The first-order valence-electron chi connectivity index (χ1n) is 10.3. The fourth-order valence-electron chi connectivity index (χ4n) is 5.62. The highest BCUT2D eigenvalue weighted by molar-refractivity contribution is 7.86. The molecule has 3 heterocycles. The molecular formula is C19H36N4O3S. The maximum Gasteiger partial charge on any atom is 0.281 e. The molecule has 8 heteroatoms. The van der Waals surface area contributed by atoms with E-state index in [9.17, 15) is 13.2 Å². The van der Waals surface area contributed by atoms with Crippen molar-refractivity contribution in [3.8, 4) is 0 Å². The fraction of sp³-hybridized carbons (Fsp3) is 0.947. The summed E-state index contributed by atoms with van der Waals surface area (Å²) in [5.41, 5.74) is -0.424. The van der Waals surface area contributed by atoms with Gasteiger partial charge in [0.05, 0.1) is 5.41 Å². The highest BCUT2D eigenvalue weighted by Gasteiger charge is 2.65. The predicted molar refractivity (Wildman–Crippen MR) is 106 cm³/mol. The zero-order valence-corrected chi connectivity index (χ0v) is 18.4. The Bertz CT molecular complexity index is 670. The van der Waals surface area contributed by atoms with E-state index < -0.39 is 10.2 Å². The molecule has 7 nitrogen and oxygen atoms in total. The van der Waals surface area contributed by atoms with Gasteiger partial charge in [-0.2, -0.15) is 17.0 Å². The van der Waals surface area contributed by atoms with Gasteiger partial charge in [0.15, 0.2) is 0 Å². The van der Waals surface area contributed by atoms with E-state index in [-0.39, 0.29) is 10.8 Å². The molecular weight excluding hydrogens is 364 g/mol. The topological polar surface area (TPSA) is 64.2 Å². The van der Waals surface area contributed by atoms with E-state index in [1.54, 1.807) is 18.4 Å². The van der Waals surface area contributed by atoms with E-state index in [1.165, 1.54) is 4.31 Å². The summed E-state index contributed by atoms with van der Waals surface area (Å²) in [6, 6.07) is 0. The molecule has 0 bridgehead atoms. The molecule has 0 aliphatic carbocycles. The van der Waals surface area contributed by atoms with Crippen molar-refractivity contribution >= 4 is 16.1 Å². The van der Waals surface area contributed by atoms with E-state index in [1.807, 2.05) is 4.90 Å². The van der Waals surface area contributed by atoms with Crippen LogP contribution in [0.25, 0.3) is 0 Å². The Hall–Kier alpha value is -0.700. The van der Waals surface area contributed by atoms with E-state index in [2.05, 4.69) is 25.7 Å². The third kappa shape index (κ3) is 3.32. The Kier molecular flexibility index (Phi) is 5.67. The van der Waals surface area contributed by atoms with Crippen molar-refractivity contribution < 1.29 is 13.2 Å². The van der Waals surface area contributed by atoms with Crippen molar-refractivity contribution in [3.05, 3.63) is 0 Å². The molecule has 3 aliphatic heterocycles. The molecule has 3 rings (SSSR count). The molecule has 156 valence electrons. The standard InChI is InChI=1S/C19H36N4O3S/c1-6-22-10-9-19(17(22)24)15-21(13-16(2)3)14-18(19)7-11-23(12-8-18)27(25,26)20(4)5/h16H,6-15H2,1-5H3. The molecule has 27 heavy (non-hydrogen) atoms. The molecule has 0 radical (unpaired) electrons. The largest absolute Gasteiger partial charge is 0.342 e. The lowest BCUT2D eigenvalue weighted by molar-refractivity contribution is -0.141. The lowest BCUT2D eigenvalue weighted by atomic mass is 9.60. The number of hydrogen-bond donors (Lipinski definition) is 0. The van der Waals surface area contributed by atoms with Gasteiger partial charge < -0.3 is 9.80 Å². The van der Waals surface area contributed by atoms with Crippen LogP contribution in [-0.4, -0.2) is 92.6 Å². The summed E-state index contributed by atoms with van der Waals surface area (Å²) < 4.78 is 28.0. The Labute approximate surface area is 164 Å². The van der Waals surface area contributed by atoms with E-state index in [0.717, 1.165) is 52.0 Å². The van der Waals surface area contributed by atoms with Crippen LogP contribution in [0.2, 0.25) is 0 Å². The van der Waals surface area contributed by atoms with Gasteiger partial charge in [0.25, 0.3) is 10.2 Å². The number of carbonyl (C=O) groups is 1. The van der Waals surface area contributed by atoms with Crippen LogP contribution in [0.5, 0.6) is 0 Å². The van der Waals surface area contributed by atoms with Crippen LogP contribution in [0.15, 0.2) is 0 Å². The highest BCUT2D eigenvalue weighted by atomic mass is 32.2. The Morgan fingerprint density at radius 2 is 1.70 bits per heavy atom. The zero-order valence-electron chi connectivity index (χ0n) is 17.6. The van der Waals surface area contributed by atoms with Gasteiger partial charge in [-0.25, -0.2) is 0 Å². The monoisotopic (exact) mass is 400 g/mol. The van der Waals surface area contributed by atoms with Crippen LogP contribution < -0.4 is 0 Å². The first kappa shape index (κ1) is 21.0. The van der Waals surface area contributed by atoms with Crippen LogP contribution in [-0.2, 0) is 15.0 Å². The minimum Gasteiger partial charge on any atom is -0.342 e. The van der Waals surface area contributed by atoms with Gasteiger partial charge in [0.1, 0.15) is 0 Å². The third-order valence-corrected chi connectivity index (χ3v) is 8.95. The van der Waals surface area contributed by atoms with Gasteiger partial charge in [-0.05, 0) is 32.1 Å². The normalized spacial score (nSPS) is 29.9. The molecule has 2 spiro atoms. The van der Waals surface area contributed by atoms with E-state index >= 15 is 0 Å². The number of piperidine rings is 1. The average Bonchev–Trinajstić information content (AvgIpc) is 3.06. The van der Waals surface area contributed by atoms with Gasteiger partial charge >= 0.3 is 0 Å². The minimum absolute atomic E-state index is 0.0960. The van der Waals surface area contributed by atoms with Gasteiger partial charge in [0.2, 0.25) is 5.91 Å². The Morgan fingerprint density at radius 1 is 1.07 bits per heavy atom. The van der Waals surface area contributed by atoms with Crippen LogP contribution >= 0.6 is 0 Å². The smallest absolute Gasteiger partial charge is 0.281 e.